The van der Waals surface area contributed by atoms with Crippen molar-refractivity contribution in [2.45, 2.75) is 31.7 Å². The zero-order valence-electron chi connectivity index (χ0n) is 10.2. The molecular weight excluding hydrogens is 219 g/mol. The molecule has 1 fully saturated rings. The summed E-state index contributed by atoms with van der Waals surface area (Å²) in [6.07, 6.45) is 6.54. The molecule has 5 heteroatoms. The summed E-state index contributed by atoms with van der Waals surface area (Å²) in [5.74, 6) is 0.0592. The first-order valence-electron chi connectivity index (χ1n) is 6.17. The summed E-state index contributed by atoms with van der Waals surface area (Å²) in [5.41, 5.74) is 0. The summed E-state index contributed by atoms with van der Waals surface area (Å²) in [7, 11) is 2.15. The standard InChI is InChI=1S/C12H19FN4/c1-17(10-4-2-3-5-10)7-6-14-12-8-11(13)15-9-16-12/h8-10H,2-7H2,1H3,(H,14,15,16). The molecule has 0 bridgehead atoms. The molecule has 0 radical (unpaired) electrons. The van der Waals surface area contributed by atoms with Crippen molar-refractivity contribution in [3.8, 4) is 0 Å². The van der Waals surface area contributed by atoms with Crippen molar-refractivity contribution >= 4 is 5.82 Å². The number of nitrogens with one attached hydrogen (secondary N) is 1. The van der Waals surface area contributed by atoms with Crippen LogP contribution in [0.15, 0.2) is 12.4 Å². The first-order valence-corrected chi connectivity index (χ1v) is 6.17. The van der Waals surface area contributed by atoms with E-state index in [-0.39, 0.29) is 0 Å². The van der Waals surface area contributed by atoms with Crippen LogP contribution in [0.2, 0.25) is 0 Å². The maximum Gasteiger partial charge on any atom is 0.217 e. The van der Waals surface area contributed by atoms with Gasteiger partial charge < -0.3 is 10.2 Å². The molecule has 0 aromatic carbocycles. The van der Waals surface area contributed by atoms with Gasteiger partial charge in [0.05, 0.1) is 0 Å². The molecule has 1 aromatic rings. The van der Waals surface area contributed by atoms with Gasteiger partial charge in [-0.1, -0.05) is 12.8 Å². The molecule has 4 nitrogen and oxygen atoms in total. The van der Waals surface area contributed by atoms with Crippen molar-refractivity contribution in [2.24, 2.45) is 0 Å². The molecule has 0 spiro atoms. The predicted octanol–water partition coefficient (Wildman–Crippen LogP) is 1.90. The Balaban J connectivity index is 1.71. The Morgan fingerprint density at radius 1 is 1.41 bits per heavy atom. The van der Waals surface area contributed by atoms with E-state index < -0.39 is 5.95 Å². The van der Waals surface area contributed by atoms with Crippen LogP contribution < -0.4 is 5.32 Å². The minimum Gasteiger partial charge on any atom is -0.369 e. The number of anilines is 1. The van der Waals surface area contributed by atoms with Gasteiger partial charge >= 0.3 is 0 Å². The van der Waals surface area contributed by atoms with E-state index in [0.717, 1.165) is 19.1 Å². The molecule has 0 aliphatic heterocycles. The highest BCUT2D eigenvalue weighted by Crippen LogP contribution is 2.21. The van der Waals surface area contributed by atoms with E-state index in [0.29, 0.717) is 5.82 Å². The van der Waals surface area contributed by atoms with Gasteiger partial charge in [-0.15, -0.1) is 0 Å². The molecule has 1 N–H and O–H groups in total. The molecule has 1 aliphatic carbocycles. The van der Waals surface area contributed by atoms with Crippen molar-refractivity contribution < 1.29 is 4.39 Å². The monoisotopic (exact) mass is 238 g/mol. The van der Waals surface area contributed by atoms with Gasteiger partial charge in [-0.25, -0.2) is 9.97 Å². The number of hydrogen-bond donors (Lipinski definition) is 1. The second kappa shape index (κ2) is 5.91. The van der Waals surface area contributed by atoms with Crippen LogP contribution in [0.4, 0.5) is 10.2 Å². The lowest BCUT2D eigenvalue weighted by molar-refractivity contribution is 0.254. The molecule has 1 aliphatic rings. The fourth-order valence-corrected chi connectivity index (χ4v) is 2.32. The Hall–Kier alpha value is -1.23. The number of aromatic nitrogens is 2. The summed E-state index contributed by atoms with van der Waals surface area (Å²) >= 11 is 0. The third-order valence-electron chi connectivity index (χ3n) is 3.35. The minimum atomic E-state index is -0.494. The van der Waals surface area contributed by atoms with Crippen LogP contribution >= 0.6 is 0 Å². The van der Waals surface area contributed by atoms with Crippen LogP contribution in [-0.4, -0.2) is 41.0 Å². The highest BCUT2D eigenvalue weighted by Gasteiger charge is 2.18. The van der Waals surface area contributed by atoms with Gasteiger partial charge in [0.15, 0.2) is 0 Å². The van der Waals surface area contributed by atoms with Crippen LogP contribution in [-0.2, 0) is 0 Å². The van der Waals surface area contributed by atoms with Crippen molar-refractivity contribution in [2.75, 3.05) is 25.5 Å². The van der Waals surface area contributed by atoms with Gasteiger partial charge in [-0.3, -0.25) is 0 Å². The van der Waals surface area contributed by atoms with E-state index in [1.807, 2.05) is 0 Å². The molecule has 17 heavy (non-hydrogen) atoms. The van der Waals surface area contributed by atoms with Gasteiger partial charge in [0.25, 0.3) is 0 Å². The SMILES string of the molecule is CN(CCNc1cc(F)ncn1)C1CCCC1. The van der Waals surface area contributed by atoms with Crippen LogP contribution in [0, 0.1) is 5.95 Å². The molecule has 0 unspecified atom stereocenters. The van der Waals surface area contributed by atoms with E-state index in [9.17, 15) is 4.39 Å². The van der Waals surface area contributed by atoms with E-state index in [2.05, 4.69) is 27.2 Å². The first-order chi connectivity index (χ1) is 8.25. The number of rotatable bonds is 5. The van der Waals surface area contributed by atoms with Gasteiger partial charge in [0.2, 0.25) is 5.95 Å². The summed E-state index contributed by atoms with van der Waals surface area (Å²) in [4.78, 5) is 9.74. The summed E-state index contributed by atoms with van der Waals surface area (Å²) in [6, 6.07) is 2.04. The number of hydrogen-bond acceptors (Lipinski definition) is 4. The molecule has 1 aromatic heterocycles. The van der Waals surface area contributed by atoms with Gasteiger partial charge in [-0.2, -0.15) is 4.39 Å². The summed E-state index contributed by atoms with van der Waals surface area (Å²) < 4.78 is 12.8. The smallest absolute Gasteiger partial charge is 0.217 e. The molecule has 1 saturated carbocycles. The predicted molar refractivity (Wildman–Crippen MR) is 65.4 cm³/mol. The molecule has 2 rings (SSSR count). The Morgan fingerprint density at radius 3 is 2.88 bits per heavy atom. The van der Waals surface area contributed by atoms with Gasteiger partial charge in [-0.05, 0) is 19.9 Å². The van der Waals surface area contributed by atoms with Crippen LogP contribution in [0.1, 0.15) is 25.7 Å². The highest BCUT2D eigenvalue weighted by atomic mass is 19.1. The maximum atomic E-state index is 12.8. The Kier molecular flexibility index (Phi) is 4.25. The third kappa shape index (κ3) is 3.63. The fourth-order valence-electron chi connectivity index (χ4n) is 2.32. The number of nitrogens with zero attached hydrogens (tertiary/aromatic N) is 3. The second-order valence-corrected chi connectivity index (χ2v) is 4.57. The lowest BCUT2D eigenvalue weighted by Crippen LogP contribution is -2.33. The third-order valence-corrected chi connectivity index (χ3v) is 3.35. The normalized spacial score (nSPS) is 16.6. The van der Waals surface area contributed by atoms with Crippen LogP contribution in [0.3, 0.4) is 0 Å². The molecular formula is C12H19FN4. The topological polar surface area (TPSA) is 41.0 Å². The fraction of sp³-hybridized carbons (Fsp3) is 0.667. The van der Waals surface area contributed by atoms with Gasteiger partial charge in [0, 0.05) is 25.2 Å². The average Bonchev–Trinajstić information content (AvgIpc) is 2.82. The zero-order valence-corrected chi connectivity index (χ0v) is 10.2. The molecule has 0 atom stereocenters. The quantitative estimate of drug-likeness (QED) is 0.795. The largest absolute Gasteiger partial charge is 0.369 e. The van der Waals surface area contributed by atoms with Crippen molar-refractivity contribution in [1.29, 1.82) is 0 Å². The van der Waals surface area contributed by atoms with E-state index in [4.69, 9.17) is 0 Å². The molecule has 94 valence electrons. The lowest BCUT2D eigenvalue weighted by Gasteiger charge is -2.23. The van der Waals surface area contributed by atoms with Crippen molar-refractivity contribution in [3.05, 3.63) is 18.3 Å². The van der Waals surface area contributed by atoms with E-state index >= 15 is 0 Å². The summed E-state index contributed by atoms with van der Waals surface area (Å²) in [5, 5.41) is 3.11. The molecule has 1 heterocycles. The Labute approximate surface area is 101 Å². The molecule has 0 amide bonds. The Morgan fingerprint density at radius 2 is 2.18 bits per heavy atom. The number of likely N-dealkylation sites (N-methyl/N-ethyl adjacent to an activating group) is 1. The molecule has 0 saturated heterocycles. The second-order valence-electron chi connectivity index (χ2n) is 4.57. The van der Waals surface area contributed by atoms with E-state index in [1.165, 1.54) is 38.1 Å². The Bertz CT molecular complexity index is 352. The zero-order chi connectivity index (χ0) is 12.1. The van der Waals surface area contributed by atoms with Crippen molar-refractivity contribution in [3.63, 3.8) is 0 Å². The van der Waals surface area contributed by atoms with Crippen LogP contribution in [0.5, 0.6) is 0 Å². The van der Waals surface area contributed by atoms with E-state index in [1.54, 1.807) is 0 Å². The van der Waals surface area contributed by atoms with Crippen LogP contribution in [0.25, 0.3) is 0 Å². The van der Waals surface area contributed by atoms with Gasteiger partial charge in [0.1, 0.15) is 12.1 Å². The minimum absolute atomic E-state index is 0.494. The highest BCUT2D eigenvalue weighted by molar-refractivity contribution is 5.31. The first kappa shape index (κ1) is 12.2. The van der Waals surface area contributed by atoms with Crippen molar-refractivity contribution in [1.82, 2.24) is 14.9 Å². The number of halogens is 1. The maximum absolute atomic E-state index is 12.8. The summed E-state index contributed by atoms with van der Waals surface area (Å²) in [6.45, 7) is 1.74. The lowest BCUT2D eigenvalue weighted by atomic mass is 10.2. The average molecular weight is 238 g/mol.